The predicted molar refractivity (Wildman–Crippen MR) is 63.9 cm³/mol. The van der Waals surface area contributed by atoms with Crippen LogP contribution >= 0.6 is 15.9 Å². The van der Waals surface area contributed by atoms with Gasteiger partial charge in [0.2, 0.25) is 0 Å². The summed E-state index contributed by atoms with van der Waals surface area (Å²) in [5.41, 5.74) is 2.42. The highest BCUT2D eigenvalue weighted by Gasteiger charge is 2.20. The van der Waals surface area contributed by atoms with E-state index in [4.69, 9.17) is 0 Å². The molecule has 0 aromatic heterocycles. The largest absolute Gasteiger partial charge is 0.309 e. The Labute approximate surface area is 98.2 Å². The Hall–Kier alpha value is -0.670. The van der Waals surface area contributed by atoms with Crippen LogP contribution in [0.15, 0.2) is 22.7 Å². The lowest BCUT2D eigenvalue weighted by Crippen LogP contribution is -2.31. The molecule has 0 bridgehead atoms. The van der Waals surface area contributed by atoms with E-state index >= 15 is 0 Å². The minimum Gasteiger partial charge on any atom is -0.309 e. The Bertz CT molecular complexity index is 389. The molecule has 1 saturated heterocycles. The molecule has 0 spiro atoms. The van der Waals surface area contributed by atoms with E-state index < -0.39 is 0 Å². The van der Waals surface area contributed by atoms with Gasteiger partial charge in [-0.2, -0.15) is 0 Å². The highest BCUT2D eigenvalue weighted by molar-refractivity contribution is 9.10. The van der Waals surface area contributed by atoms with Gasteiger partial charge >= 0.3 is 0 Å². The SMILES string of the molecule is Cc1ccc(C2CC(=O)CCN2)cc1Br. The molecule has 1 unspecified atom stereocenters. The Balaban J connectivity index is 2.21. The van der Waals surface area contributed by atoms with Crippen LogP contribution in [0.3, 0.4) is 0 Å². The third-order valence-corrected chi connectivity index (χ3v) is 3.68. The second-order valence-electron chi connectivity index (χ2n) is 4.01. The van der Waals surface area contributed by atoms with Crippen LogP contribution in [0.5, 0.6) is 0 Å². The van der Waals surface area contributed by atoms with Crippen LogP contribution < -0.4 is 5.32 Å². The van der Waals surface area contributed by atoms with Gasteiger partial charge in [-0.15, -0.1) is 0 Å². The first kappa shape index (κ1) is 10.8. The molecule has 15 heavy (non-hydrogen) atoms. The zero-order valence-corrected chi connectivity index (χ0v) is 10.3. The standard InChI is InChI=1S/C12H14BrNO/c1-8-2-3-9(6-11(8)13)12-7-10(15)4-5-14-12/h2-3,6,12,14H,4-5,7H2,1H3. The average Bonchev–Trinajstić information content (AvgIpc) is 2.22. The van der Waals surface area contributed by atoms with Gasteiger partial charge in [-0.1, -0.05) is 28.1 Å². The van der Waals surface area contributed by atoms with Gasteiger partial charge in [0.15, 0.2) is 0 Å². The Morgan fingerprint density at radius 1 is 1.47 bits per heavy atom. The highest BCUT2D eigenvalue weighted by Crippen LogP contribution is 2.25. The number of piperidine rings is 1. The molecular formula is C12H14BrNO. The molecule has 0 aliphatic carbocycles. The summed E-state index contributed by atoms with van der Waals surface area (Å²) in [4.78, 5) is 11.3. The quantitative estimate of drug-likeness (QED) is 0.848. The van der Waals surface area contributed by atoms with E-state index in [9.17, 15) is 4.79 Å². The fourth-order valence-electron chi connectivity index (χ4n) is 1.85. The molecule has 1 aliphatic heterocycles. The molecule has 1 heterocycles. The zero-order valence-electron chi connectivity index (χ0n) is 8.72. The molecule has 1 atom stereocenters. The molecule has 1 N–H and O–H groups in total. The first-order chi connectivity index (χ1) is 7.16. The molecule has 0 saturated carbocycles. The number of benzene rings is 1. The highest BCUT2D eigenvalue weighted by atomic mass is 79.9. The molecule has 3 heteroatoms. The van der Waals surface area contributed by atoms with Crippen molar-refractivity contribution in [1.29, 1.82) is 0 Å². The minimum absolute atomic E-state index is 0.197. The first-order valence-corrected chi connectivity index (χ1v) is 5.97. The molecule has 1 aromatic carbocycles. The second kappa shape index (κ2) is 4.45. The first-order valence-electron chi connectivity index (χ1n) is 5.18. The maximum absolute atomic E-state index is 11.3. The monoisotopic (exact) mass is 267 g/mol. The van der Waals surface area contributed by atoms with Crippen molar-refractivity contribution in [2.24, 2.45) is 0 Å². The van der Waals surface area contributed by atoms with Crippen molar-refractivity contribution in [2.75, 3.05) is 6.54 Å². The Morgan fingerprint density at radius 3 is 2.93 bits per heavy atom. The lowest BCUT2D eigenvalue weighted by Gasteiger charge is -2.23. The summed E-state index contributed by atoms with van der Waals surface area (Å²) >= 11 is 3.52. The summed E-state index contributed by atoms with van der Waals surface area (Å²) < 4.78 is 1.11. The van der Waals surface area contributed by atoms with Gasteiger partial charge in [0.25, 0.3) is 0 Å². The predicted octanol–water partition coefficient (Wildman–Crippen LogP) is 2.75. The fourth-order valence-corrected chi connectivity index (χ4v) is 2.25. The maximum atomic E-state index is 11.3. The van der Waals surface area contributed by atoms with E-state index in [2.05, 4.69) is 46.4 Å². The van der Waals surface area contributed by atoms with E-state index in [0.717, 1.165) is 11.0 Å². The van der Waals surface area contributed by atoms with Crippen LogP contribution in [0, 0.1) is 6.92 Å². The number of halogens is 1. The number of rotatable bonds is 1. The molecule has 1 fully saturated rings. The maximum Gasteiger partial charge on any atom is 0.136 e. The van der Waals surface area contributed by atoms with Crippen LogP contribution in [0.25, 0.3) is 0 Å². The van der Waals surface area contributed by atoms with Gasteiger partial charge in [-0.05, 0) is 24.1 Å². The van der Waals surface area contributed by atoms with E-state index in [1.807, 2.05) is 0 Å². The van der Waals surface area contributed by atoms with Crippen molar-refractivity contribution in [2.45, 2.75) is 25.8 Å². The lowest BCUT2D eigenvalue weighted by molar-refractivity contribution is -0.120. The van der Waals surface area contributed by atoms with Gasteiger partial charge in [0.05, 0.1) is 0 Å². The second-order valence-corrected chi connectivity index (χ2v) is 4.86. The van der Waals surface area contributed by atoms with E-state index in [1.165, 1.54) is 11.1 Å². The number of ketones is 1. The average molecular weight is 268 g/mol. The summed E-state index contributed by atoms with van der Waals surface area (Å²) in [6, 6.07) is 6.48. The van der Waals surface area contributed by atoms with E-state index in [-0.39, 0.29) is 6.04 Å². The Kier molecular flexibility index (Phi) is 3.22. The molecule has 80 valence electrons. The normalized spacial score (nSPS) is 21.7. The van der Waals surface area contributed by atoms with Crippen molar-refractivity contribution >= 4 is 21.7 Å². The van der Waals surface area contributed by atoms with Gasteiger partial charge in [-0.3, -0.25) is 4.79 Å². The molecule has 0 amide bonds. The van der Waals surface area contributed by atoms with Gasteiger partial charge in [0.1, 0.15) is 5.78 Å². The third kappa shape index (κ3) is 2.47. The number of hydrogen-bond donors (Lipinski definition) is 1. The van der Waals surface area contributed by atoms with Crippen molar-refractivity contribution in [3.63, 3.8) is 0 Å². The van der Waals surface area contributed by atoms with Crippen LogP contribution in [0.2, 0.25) is 0 Å². The van der Waals surface area contributed by atoms with Crippen LogP contribution in [-0.4, -0.2) is 12.3 Å². The fraction of sp³-hybridized carbons (Fsp3) is 0.417. The van der Waals surface area contributed by atoms with Crippen molar-refractivity contribution in [1.82, 2.24) is 5.32 Å². The number of hydrogen-bond acceptors (Lipinski definition) is 2. The number of nitrogens with one attached hydrogen (secondary N) is 1. The summed E-state index contributed by atoms with van der Waals surface area (Å²) in [6.07, 6.45) is 1.29. The van der Waals surface area contributed by atoms with E-state index in [0.29, 0.717) is 18.6 Å². The number of carbonyl (C=O) groups excluding carboxylic acids is 1. The van der Waals surface area contributed by atoms with Crippen LogP contribution in [0.4, 0.5) is 0 Å². The zero-order chi connectivity index (χ0) is 10.8. The number of carbonyl (C=O) groups is 1. The molecule has 1 aliphatic rings. The summed E-state index contributed by atoms with van der Waals surface area (Å²) in [6.45, 7) is 2.86. The minimum atomic E-state index is 0.197. The molecular weight excluding hydrogens is 254 g/mol. The smallest absolute Gasteiger partial charge is 0.136 e. The van der Waals surface area contributed by atoms with Gasteiger partial charge < -0.3 is 5.32 Å². The van der Waals surface area contributed by atoms with Crippen LogP contribution in [-0.2, 0) is 4.79 Å². The van der Waals surface area contributed by atoms with Crippen LogP contribution in [0.1, 0.15) is 30.0 Å². The molecule has 2 nitrogen and oxygen atoms in total. The molecule has 2 rings (SSSR count). The van der Waals surface area contributed by atoms with Crippen molar-refractivity contribution in [3.8, 4) is 0 Å². The van der Waals surface area contributed by atoms with Crippen molar-refractivity contribution in [3.05, 3.63) is 33.8 Å². The summed E-state index contributed by atoms with van der Waals surface area (Å²) in [7, 11) is 0. The van der Waals surface area contributed by atoms with Gasteiger partial charge in [0, 0.05) is 29.9 Å². The van der Waals surface area contributed by atoms with Crippen molar-refractivity contribution < 1.29 is 4.79 Å². The topological polar surface area (TPSA) is 29.1 Å². The van der Waals surface area contributed by atoms with E-state index in [1.54, 1.807) is 0 Å². The summed E-state index contributed by atoms with van der Waals surface area (Å²) in [5.74, 6) is 0.357. The Morgan fingerprint density at radius 2 is 2.27 bits per heavy atom. The summed E-state index contributed by atoms with van der Waals surface area (Å²) in [5, 5.41) is 3.37. The third-order valence-electron chi connectivity index (χ3n) is 2.82. The molecule has 0 radical (unpaired) electrons. The lowest BCUT2D eigenvalue weighted by atomic mass is 9.96. The number of Topliss-reactive ketones (excluding diaryl/α,β-unsaturated/α-hetero) is 1. The van der Waals surface area contributed by atoms with Gasteiger partial charge in [-0.25, -0.2) is 0 Å². The molecule has 1 aromatic rings. The number of aryl methyl sites for hydroxylation is 1.